The zero-order valence-electron chi connectivity index (χ0n) is 8.67. The van der Waals surface area contributed by atoms with E-state index in [1.807, 2.05) is 11.8 Å². The van der Waals surface area contributed by atoms with E-state index < -0.39 is 13.4 Å². The molecule has 0 spiro atoms. The molecule has 0 bridgehead atoms. The van der Waals surface area contributed by atoms with Crippen LogP contribution >= 0.6 is 48.0 Å². The number of halogens is 1. The van der Waals surface area contributed by atoms with Crippen LogP contribution in [-0.4, -0.2) is 13.4 Å². The van der Waals surface area contributed by atoms with Crippen LogP contribution in [0.5, 0.6) is 0 Å². The molecule has 0 radical (unpaired) electrons. The first-order valence-corrected chi connectivity index (χ1v) is 21.1. The Morgan fingerprint density at radius 3 is 1.59 bits per heavy atom. The van der Waals surface area contributed by atoms with Crippen LogP contribution in [0.4, 0.5) is 0 Å². The molecular weight excluding hydrogens is 489 g/mol. The maximum atomic E-state index is 2.69. The van der Waals surface area contributed by atoms with Crippen molar-refractivity contribution in [3.63, 3.8) is 0 Å². The molecule has 17 heavy (non-hydrogen) atoms. The topological polar surface area (TPSA) is 0 Å². The third kappa shape index (κ3) is 3.14. The minimum atomic E-state index is -1.29. The van der Waals surface area contributed by atoms with Gasteiger partial charge in [-0.2, -0.15) is 0 Å². The summed E-state index contributed by atoms with van der Waals surface area (Å²) in [6.45, 7) is 0. The van der Waals surface area contributed by atoms with Gasteiger partial charge in [-0.25, -0.2) is 0 Å². The van der Waals surface area contributed by atoms with Gasteiger partial charge < -0.3 is 0 Å². The van der Waals surface area contributed by atoms with Crippen LogP contribution < -0.4 is 0 Å². The number of benzene rings is 2. The van der Waals surface area contributed by atoms with Crippen LogP contribution in [0.25, 0.3) is 0 Å². The Bertz CT molecular complexity index is 499. The van der Waals surface area contributed by atoms with E-state index in [9.17, 15) is 0 Å². The van der Waals surface area contributed by atoms with Gasteiger partial charge in [0.05, 0.1) is 0 Å². The molecule has 0 saturated carbocycles. The number of hydrogen-bond donors (Lipinski definition) is 0. The van der Waals surface area contributed by atoms with E-state index in [1.165, 1.54) is 19.6 Å². The summed E-state index contributed by atoms with van der Waals surface area (Å²) in [7, 11) is 4.24. The van der Waals surface area contributed by atoms with Crippen molar-refractivity contribution in [2.75, 3.05) is 0 Å². The Morgan fingerprint density at radius 2 is 1.12 bits per heavy atom. The maximum absolute atomic E-state index is 2.69. The quantitative estimate of drug-likeness (QED) is 0.351. The fraction of sp³-hybridized carbons (Fsp3) is 0. The van der Waals surface area contributed by atoms with Gasteiger partial charge in [-0.15, -0.1) is 0 Å². The second-order valence-corrected chi connectivity index (χ2v) is 31.8. The molecule has 0 aromatic heterocycles. The summed E-state index contributed by atoms with van der Waals surface area (Å²) in [5.74, 6) is 0. The molecule has 0 unspecified atom stereocenters. The SMILES string of the molecule is [I][Sb]1[S]c2ccccc2Sc2ccccc2[S]1. The third-order valence-electron chi connectivity index (χ3n) is 2.26. The molecular formula is C12H8IS3Sb. The fourth-order valence-corrected chi connectivity index (χ4v) is 23.1. The van der Waals surface area contributed by atoms with Crippen molar-refractivity contribution in [2.24, 2.45) is 0 Å². The summed E-state index contributed by atoms with van der Waals surface area (Å²) >= 11 is 3.30. The first-order valence-electron chi connectivity index (χ1n) is 5.01. The summed E-state index contributed by atoms with van der Waals surface area (Å²) in [6, 6.07) is 17.6. The average molecular weight is 497 g/mol. The van der Waals surface area contributed by atoms with Gasteiger partial charge in [-0.05, 0) is 0 Å². The molecule has 0 nitrogen and oxygen atoms in total. The van der Waals surface area contributed by atoms with Crippen molar-refractivity contribution < 1.29 is 0 Å². The third-order valence-corrected chi connectivity index (χ3v) is 21.8. The standard InChI is InChI=1S/C12H10S3.HI.Sb/c13-9-5-1-3-7-11(9)15-12-8-4-2-6-10(12)14;;/h1-8,13-14H;1H;/q;;+3/p-3. The van der Waals surface area contributed by atoms with Crippen LogP contribution in [0.3, 0.4) is 0 Å². The Kier molecular flexibility index (Phi) is 4.60. The molecule has 0 atom stereocenters. The van der Waals surface area contributed by atoms with Gasteiger partial charge in [-0.1, -0.05) is 0 Å². The van der Waals surface area contributed by atoms with Crippen LogP contribution in [0, 0.1) is 0 Å². The molecule has 0 saturated heterocycles. The van der Waals surface area contributed by atoms with E-state index in [4.69, 9.17) is 0 Å². The van der Waals surface area contributed by atoms with Crippen LogP contribution in [0.15, 0.2) is 68.1 Å². The van der Waals surface area contributed by atoms with Crippen molar-refractivity contribution in [2.45, 2.75) is 19.6 Å². The normalized spacial score (nSPS) is 15.6. The molecule has 5 heteroatoms. The molecule has 3 rings (SSSR count). The first-order chi connectivity index (χ1) is 8.33. The monoisotopic (exact) mass is 496 g/mol. The molecule has 0 N–H and O–H groups in total. The van der Waals surface area contributed by atoms with Crippen LogP contribution in [0.2, 0.25) is 0 Å². The van der Waals surface area contributed by atoms with E-state index >= 15 is 0 Å². The summed E-state index contributed by atoms with van der Waals surface area (Å²) in [6.07, 6.45) is 0. The van der Waals surface area contributed by atoms with Crippen molar-refractivity contribution in [1.29, 1.82) is 0 Å². The molecule has 0 amide bonds. The van der Waals surface area contributed by atoms with Crippen LogP contribution in [-0.2, 0) is 0 Å². The molecule has 1 aliphatic rings. The van der Waals surface area contributed by atoms with E-state index in [-0.39, 0.29) is 0 Å². The number of rotatable bonds is 0. The Labute approximate surface area is 128 Å². The van der Waals surface area contributed by atoms with E-state index in [0.29, 0.717) is 0 Å². The van der Waals surface area contributed by atoms with Gasteiger partial charge in [0.15, 0.2) is 0 Å². The predicted molar refractivity (Wildman–Crippen MR) is 88.5 cm³/mol. The molecule has 1 aliphatic heterocycles. The minimum absolute atomic E-state index is 1.29. The van der Waals surface area contributed by atoms with Gasteiger partial charge >= 0.3 is 129 Å². The first kappa shape index (κ1) is 13.0. The van der Waals surface area contributed by atoms with Crippen molar-refractivity contribution in [3.05, 3.63) is 48.5 Å². The summed E-state index contributed by atoms with van der Waals surface area (Å²) < 4.78 is 0. The van der Waals surface area contributed by atoms with Gasteiger partial charge in [-0.3, -0.25) is 0 Å². The fourth-order valence-electron chi connectivity index (χ4n) is 1.51. The van der Waals surface area contributed by atoms with Gasteiger partial charge in [0.1, 0.15) is 0 Å². The number of fused-ring (bicyclic) bond motifs is 2. The Balaban J connectivity index is 2.09. The van der Waals surface area contributed by atoms with Gasteiger partial charge in [0.25, 0.3) is 0 Å². The molecule has 0 aliphatic carbocycles. The van der Waals surface area contributed by atoms with Crippen molar-refractivity contribution in [1.82, 2.24) is 0 Å². The van der Waals surface area contributed by atoms with Gasteiger partial charge in [0, 0.05) is 0 Å². The van der Waals surface area contributed by atoms with Crippen molar-refractivity contribution in [3.8, 4) is 0 Å². The molecule has 1 heterocycles. The second-order valence-electron chi connectivity index (χ2n) is 3.39. The molecule has 86 valence electrons. The van der Waals surface area contributed by atoms with E-state index in [0.717, 1.165) is 0 Å². The molecule has 2 aromatic carbocycles. The van der Waals surface area contributed by atoms with Crippen molar-refractivity contribution >= 4 is 61.3 Å². The zero-order chi connectivity index (χ0) is 11.7. The summed E-state index contributed by atoms with van der Waals surface area (Å²) in [5, 5.41) is 0. The molecule has 0 fully saturated rings. The average Bonchev–Trinajstić information content (AvgIpc) is 2.31. The second kappa shape index (κ2) is 5.99. The number of hydrogen-bond acceptors (Lipinski definition) is 3. The van der Waals surface area contributed by atoms with E-state index in [2.05, 4.69) is 84.7 Å². The zero-order valence-corrected chi connectivity index (χ0v) is 15.8. The Hall–Kier alpha value is 1.04. The Morgan fingerprint density at radius 1 is 0.706 bits per heavy atom. The summed E-state index contributed by atoms with van der Waals surface area (Å²) in [4.78, 5) is 5.77. The van der Waals surface area contributed by atoms with Crippen LogP contribution in [0.1, 0.15) is 0 Å². The van der Waals surface area contributed by atoms with Gasteiger partial charge in [0.2, 0.25) is 0 Å². The van der Waals surface area contributed by atoms with E-state index in [1.54, 1.807) is 0 Å². The summed E-state index contributed by atoms with van der Waals surface area (Å²) in [5.41, 5.74) is 0. The molecule has 2 aromatic rings. The predicted octanol–water partition coefficient (Wildman–Crippen LogP) is 5.46.